The number of carbonyl (C=O) groups excluding carboxylic acids is 1. The molecule has 0 spiro atoms. The van der Waals surface area contributed by atoms with Crippen molar-refractivity contribution in [2.75, 3.05) is 18.4 Å². The van der Waals surface area contributed by atoms with Crippen molar-refractivity contribution in [1.82, 2.24) is 15.1 Å². The zero-order valence-corrected chi connectivity index (χ0v) is 11.1. The molecule has 1 saturated heterocycles. The van der Waals surface area contributed by atoms with E-state index in [0.717, 1.165) is 18.9 Å². The number of aryl methyl sites for hydroxylation is 1. The molecular formula is C13H22N4O. The van der Waals surface area contributed by atoms with Crippen LogP contribution in [-0.2, 0) is 11.8 Å². The predicted molar refractivity (Wildman–Crippen MR) is 71.2 cm³/mol. The van der Waals surface area contributed by atoms with E-state index in [-0.39, 0.29) is 5.91 Å². The van der Waals surface area contributed by atoms with E-state index in [9.17, 15) is 4.79 Å². The van der Waals surface area contributed by atoms with E-state index in [1.165, 1.54) is 12.8 Å². The van der Waals surface area contributed by atoms with E-state index in [0.29, 0.717) is 18.3 Å². The van der Waals surface area contributed by atoms with Crippen molar-refractivity contribution < 1.29 is 4.79 Å². The summed E-state index contributed by atoms with van der Waals surface area (Å²) >= 11 is 0. The molecule has 0 aromatic carbocycles. The maximum atomic E-state index is 11.9. The van der Waals surface area contributed by atoms with Gasteiger partial charge in [0.05, 0.1) is 6.20 Å². The summed E-state index contributed by atoms with van der Waals surface area (Å²) in [5.74, 6) is 1.96. The Morgan fingerprint density at radius 2 is 2.33 bits per heavy atom. The third-order valence-electron chi connectivity index (χ3n) is 3.78. The molecule has 1 unspecified atom stereocenters. The molecule has 0 saturated carbocycles. The monoisotopic (exact) mass is 250 g/mol. The topological polar surface area (TPSA) is 59.0 Å². The van der Waals surface area contributed by atoms with E-state index >= 15 is 0 Å². The van der Waals surface area contributed by atoms with Crippen LogP contribution in [-0.4, -0.2) is 28.8 Å². The van der Waals surface area contributed by atoms with Gasteiger partial charge in [0.15, 0.2) is 0 Å². The molecule has 1 aliphatic rings. The zero-order chi connectivity index (χ0) is 13.0. The van der Waals surface area contributed by atoms with Gasteiger partial charge in [-0.25, -0.2) is 0 Å². The zero-order valence-electron chi connectivity index (χ0n) is 11.1. The quantitative estimate of drug-likeness (QED) is 0.849. The average molecular weight is 250 g/mol. The van der Waals surface area contributed by atoms with Crippen molar-refractivity contribution in [3.8, 4) is 0 Å². The Balaban J connectivity index is 1.81. The smallest absolute Gasteiger partial charge is 0.225 e. The second kappa shape index (κ2) is 6.00. The second-order valence-electron chi connectivity index (χ2n) is 5.16. The van der Waals surface area contributed by atoms with Gasteiger partial charge in [-0.05, 0) is 37.8 Å². The fourth-order valence-corrected chi connectivity index (χ4v) is 2.56. The third-order valence-corrected chi connectivity index (χ3v) is 3.78. The maximum Gasteiger partial charge on any atom is 0.225 e. The molecule has 100 valence electrons. The molecule has 1 aromatic heterocycles. The Labute approximate surface area is 108 Å². The Morgan fingerprint density at radius 3 is 2.94 bits per heavy atom. The largest absolute Gasteiger partial charge is 0.317 e. The van der Waals surface area contributed by atoms with Gasteiger partial charge in [0.25, 0.3) is 0 Å². The van der Waals surface area contributed by atoms with E-state index in [4.69, 9.17) is 0 Å². The molecule has 1 aliphatic heterocycles. The standard InChI is InChI=1S/C13H22N4O/c1-10(11-3-6-14-7-4-11)9-13(18)16-12-5-8-15-17(12)2/h5,8,10-11,14H,3-4,6-7,9H2,1-2H3,(H,16,18). The van der Waals surface area contributed by atoms with Gasteiger partial charge >= 0.3 is 0 Å². The van der Waals surface area contributed by atoms with Crippen LogP contribution in [0.2, 0.25) is 0 Å². The summed E-state index contributed by atoms with van der Waals surface area (Å²) in [6, 6.07) is 1.81. The van der Waals surface area contributed by atoms with Crippen LogP contribution in [0.3, 0.4) is 0 Å². The number of nitrogens with zero attached hydrogens (tertiary/aromatic N) is 2. The van der Waals surface area contributed by atoms with Gasteiger partial charge in [-0.15, -0.1) is 0 Å². The lowest BCUT2D eigenvalue weighted by molar-refractivity contribution is -0.117. The van der Waals surface area contributed by atoms with E-state index < -0.39 is 0 Å². The summed E-state index contributed by atoms with van der Waals surface area (Å²) in [5, 5.41) is 10.3. The molecule has 1 fully saturated rings. The van der Waals surface area contributed by atoms with Crippen molar-refractivity contribution in [1.29, 1.82) is 0 Å². The van der Waals surface area contributed by atoms with Gasteiger partial charge in [0, 0.05) is 19.5 Å². The summed E-state index contributed by atoms with van der Waals surface area (Å²) in [7, 11) is 1.83. The van der Waals surface area contributed by atoms with Crippen molar-refractivity contribution in [2.45, 2.75) is 26.2 Å². The first-order valence-electron chi connectivity index (χ1n) is 6.65. The average Bonchev–Trinajstić information content (AvgIpc) is 2.76. The van der Waals surface area contributed by atoms with Crippen LogP contribution in [0, 0.1) is 11.8 Å². The normalized spacial score (nSPS) is 18.6. The molecule has 0 bridgehead atoms. The van der Waals surface area contributed by atoms with Gasteiger partial charge in [-0.1, -0.05) is 6.92 Å². The highest BCUT2D eigenvalue weighted by atomic mass is 16.1. The highest BCUT2D eigenvalue weighted by Crippen LogP contribution is 2.24. The minimum Gasteiger partial charge on any atom is -0.317 e. The number of rotatable bonds is 4. The van der Waals surface area contributed by atoms with Crippen molar-refractivity contribution in [3.63, 3.8) is 0 Å². The molecular weight excluding hydrogens is 228 g/mol. The highest BCUT2D eigenvalue weighted by Gasteiger charge is 2.22. The van der Waals surface area contributed by atoms with Crippen molar-refractivity contribution in [2.24, 2.45) is 18.9 Å². The summed E-state index contributed by atoms with van der Waals surface area (Å²) in [4.78, 5) is 11.9. The first kappa shape index (κ1) is 13.1. The number of piperidine rings is 1. The van der Waals surface area contributed by atoms with Crippen molar-refractivity contribution in [3.05, 3.63) is 12.3 Å². The van der Waals surface area contributed by atoms with Crippen molar-refractivity contribution >= 4 is 11.7 Å². The molecule has 18 heavy (non-hydrogen) atoms. The Bertz CT molecular complexity index is 395. The summed E-state index contributed by atoms with van der Waals surface area (Å²) < 4.78 is 1.67. The van der Waals surface area contributed by atoms with Crippen LogP contribution < -0.4 is 10.6 Å². The van der Waals surface area contributed by atoms with E-state index in [1.807, 2.05) is 13.1 Å². The summed E-state index contributed by atoms with van der Waals surface area (Å²) in [6.07, 6.45) is 4.64. The first-order chi connectivity index (χ1) is 8.66. The molecule has 1 atom stereocenters. The molecule has 1 amide bonds. The third kappa shape index (κ3) is 3.32. The SMILES string of the molecule is CC(CC(=O)Nc1ccnn1C)C1CCNCC1. The second-order valence-corrected chi connectivity index (χ2v) is 5.16. The summed E-state index contributed by atoms with van der Waals surface area (Å²) in [5.41, 5.74) is 0. The van der Waals surface area contributed by atoms with E-state index in [1.54, 1.807) is 10.9 Å². The summed E-state index contributed by atoms with van der Waals surface area (Å²) in [6.45, 7) is 4.34. The van der Waals surface area contributed by atoms with Crippen LogP contribution in [0.4, 0.5) is 5.82 Å². The fourth-order valence-electron chi connectivity index (χ4n) is 2.56. The lowest BCUT2D eigenvalue weighted by atomic mass is 9.84. The molecule has 2 N–H and O–H groups in total. The number of hydrogen-bond acceptors (Lipinski definition) is 3. The van der Waals surface area contributed by atoms with Gasteiger partial charge < -0.3 is 10.6 Å². The number of amides is 1. The first-order valence-corrected chi connectivity index (χ1v) is 6.65. The number of aromatic nitrogens is 2. The number of carbonyl (C=O) groups is 1. The molecule has 2 rings (SSSR count). The van der Waals surface area contributed by atoms with Crippen LogP contribution in [0.5, 0.6) is 0 Å². The lowest BCUT2D eigenvalue weighted by Crippen LogP contribution is -2.32. The molecule has 1 aromatic rings. The minimum absolute atomic E-state index is 0.0876. The van der Waals surface area contributed by atoms with Crippen LogP contribution >= 0.6 is 0 Å². The molecule has 0 radical (unpaired) electrons. The minimum atomic E-state index is 0.0876. The lowest BCUT2D eigenvalue weighted by Gasteiger charge is -2.27. The predicted octanol–water partition coefficient (Wildman–Crippen LogP) is 1.38. The number of nitrogens with one attached hydrogen (secondary N) is 2. The molecule has 5 nitrogen and oxygen atoms in total. The van der Waals surface area contributed by atoms with Gasteiger partial charge in [0.1, 0.15) is 5.82 Å². The Kier molecular flexibility index (Phi) is 4.36. The van der Waals surface area contributed by atoms with Crippen LogP contribution in [0.15, 0.2) is 12.3 Å². The molecule has 0 aliphatic carbocycles. The number of hydrogen-bond donors (Lipinski definition) is 2. The van der Waals surface area contributed by atoms with E-state index in [2.05, 4.69) is 22.7 Å². The van der Waals surface area contributed by atoms with Gasteiger partial charge in [-0.3, -0.25) is 9.48 Å². The van der Waals surface area contributed by atoms with Gasteiger partial charge in [-0.2, -0.15) is 5.10 Å². The van der Waals surface area contributed by atoms with Crippen LogP contribution in [0.25, 0.3) is 0 Å². The van der Waals surface area contributed by atoms with Gasteiger partial charge in [0.2, 0.25) is 5.91 Å². The number of anilines is 1. The molecule has 2 heterocycles. The highest BCUT2D eigenvalue weighted by molar-refractivity contribution is 5.89. The maximum absolute atomic E-state index is 11.9. The Hall–Kier alpha value is -1.36. The molecule has 5 heteroatoms. The van der Waals surface area contributed by atoms with Crippen LogP contribution in [0.1, 0.15) is 26.2 Å². The Morgan fingerprint density at radius 1 is 1.61 bits per heavy atom. The fraction of sp³-hybridized carbons (Fsp3) is 0.692.